The number of aromatic nitrogens is 4. The molecule has 0 aliphatic heterocycles. The highest BCUT2D eigenvalue weighted by Crippen LogP contribution is 2.48. The van der Waals surface area contributed by atoms with Crippen LogP contribution in [0.25, 0.3) is 53.7 Å². The average molecular weight is 1260 g/mol. The molecule has 0 aliphatic rings. The van der Waals surface area contributed by atoms with Crippen molar-refractivity contribution < 1.29 is 4.39 Å². The molecule has 0 N–H and O–H groups in total. The van der Waals surface area contributed by atoms with E-state index >= 15 is 4.39 Å². The van der Waals surface area contributed by atoms with Gasteiger partial charge in [0.1, 0.15) is 27.9 Å². The molecule has 4 nitrogen and oxygen atoms in total. The summed E-state index contributed by atoms with van der Waals surface area (Å²) in [5.74, 6) is 1.05. The maximum absolute atomic E-state index is 17.8. The number of nitrogens with zero attached hydrogens (tertiary/aromatic N) is 4. The van der Waals surface area contributed by atoms with Crippen LogP contribution in [-0.2, 0) is 12.8 Å². The molecule has 4 heterocycles. The molecule has 430 valence electrons. The van der Waals surface area contributed by atoms with E-state index in [9.17, 15) is 0 Å². The second kappa shape index (κ2) is 38.4. The van der Waals surface area contributed by atoms with E-state index in [1.807, 2.05) is 0 Å². The maximum atomic E-state index is 17.8. The minimum absolute atomic E-state index is 0.255. The molecule has 11 heteroatoms. The van der Waals surface area contributed by atoms with Gasteiger partial charge in [0.2, 0.25) is 0 Å². The Hall–Kier alpha value is -1.37. The van der Waals surface area contributed by atoms with Gasteiger partial charge in [0.05, 0.1) is 36.6 Å². The third kappa shape index (κ3) is 21.7. The highest BCUT2D eigenvalue weighted by atomic mass is 79.9. The predicted molar refractivity (Wildman–Crippen MR) is 350 cm³/mol. The fraction of sp³-hybridized carbons (Fsp3) is 0.727. The molecule has 4 aromatic heterocycles. The van der Waals surface area contributed by atoms with Gasteiger partial charge in [-0.05, 0) is 85.9 Å². The third-order valence-corrected chi connectivity index (χ3v) is 21.9. The maximum Gasteiger partial charge on any atom is 0.144 e. The molecular formula is C66H101Br2FN4S4. The van der Waals surface area contributed by atoms with Crippen molar-refractivity contribution in [2.24, 2.45) is 11.8 Å². The summed E-state index contributed by atoms with van der Waals surface area (Å²) < 4.78 is 39.6. The Kier molecular flexibility index (Phi) is 32.3. The Bertz CT molecular complexity index is 2510. The van der Waals surface area contributed by atoms with Crippen LogP contribution in [0.1, 0.15) is 296 Å². The second-order valence-corrected chi connectivity index (χ2v) is 29.2. The largest absolute Gasteiger partial charge is 0.205 e. The van der Waals surface area contributed by atoms with Crippen LogP contribution in [0, 0.1) is 17.7 Å². The molecule has 2 aromatic carbocycles. The van der Waals surface area contributed by atoms with E-state index in [1.54, 1.807) is 22.7 Å². The van der Waals surface area contributed by atoms with E-state index in [-0.39, 0.29) is 5.82 Å². The van der Waals surface area contributed by atoms with Gasteiger partial charge in [0, 0.05) is 26.1 Å². The van der Waals surface area contributed by atoms with Crippen LogP contribution >= 0.6 is 78.0 Å². The number of unbranched alkanes of at least 4 members (excludes halogenated alkanes) is 32. The summed E-state index contributed by atoms with van der Waals surface area (Å²) in [6.07, 6.45) is 56.4. The van der Waals surface area contributed by atoms with Crippen LogP contribution in [0.15, 0.2) is 25.8 Å². The number of thiophene rings is 2. The van der Waals surface area contributed by atoms with E-state index in [4.69, 9.17) is 17.5 Å². The summed E-state index contributed by atoms with van der Waals surface area (Å²) in [5.41, 5.74) is 7.08. The average Bonchev–Trinajstić information content (AvgIpc) is 4.27. The van der Waals surface area contributed by atoms with Gasteiger partial charge in [-0.15, -0.1) is 22.7 Å². The van der Waals surface area contributed by atoms with Gasteiger partial charge in [0.25, 0.3) is 0 Å². The molecule has 6 rings (SSSR count). The van der Waals surface area contributed by atoms with Crippen LogP contribution in [-0.4, -0.2) is 17.5 Å². The van der Waals surface area contributed by atoms with Crippen LogP contribution < -0.4 is 0 Å². The van der Waals surface area contributed by atoms with Crippen LogP contribution in [0.2, 0.25) is 0 Å². The fourth-order valence-electron chi connectivity index (χ4n) is 12.2. The Labute approximate surface area is 501 Å². The zero-order chi connectivity index (χ0) is 54.3. The molecule has 6 aromatic rings. The van der Waals surface area contributed by atoms with Gasteiger partial charge in [-0.25, -0.2) is 4.39 Å². The molecule has 0 bridgehead atoms. The lowest BCUT2D eigenvalue weighted by molar-refractivity contribution is 0.400. The SMILES string of the molecule is CCCCCCCCCCCCC(CCCCCCCCCC)Cc1cc(-c2c(F)c3c(cc(-c4cc(CC(CCCCCCCCCC)CCCCCCCCCCCC)c(Br)s4)c4nsnc43)c3nsnc23)sc1Br. The lowest BCUT2D eigenvalue weighted by Crippen LogP contribution is -2.05. The zero-order valence-corrected chi connectivity index (χ0v) is 55.1. The first-order valence-corrected chi connectivity index (χ1v) is 36.7. The van der Waals surface area contributed by atoms with E-state index in [2.05, 4.69) is 77.8 Å². The lowest BCUT2D eigenvalue weighted by atomic mass is 9.89. The van der Waals surface area contributed by atoms with Crippen molar-refractivity contribution in [3.8, 4) is 20.9 Å². The minimum Gasteiger partial charge on any atom is -0.205 e. The van der Waals surface area contributed by atoms with Gasteiger partial charge in [-0.3, -0.25) is 0 Å². The standard InChI is InChI=1S/C66H101Br2FN4S4/c1-5-9-13-17-21-25-27-31-35-39-42-50(41-37-33-29-23-19-15-11-7-3)45-52-47-56(74-65(52)67)54-49-55-58(63-61(54)70-76-72-63)60(69)59(64-62(55)71-77-73-64)57-48-53(66(68)75-57)46-51(43-38-34-30-24-20-16-12-8-4)44-40-36-32-28-26-22-18-14-10-6-2/h47-51H,5-46H2,1-4H3. The van der Waals surface area contributed by atoms with Crippen molar-refractivity contribution >= 4 is 111 Å². The Morgan fingerprint density at radius 2 is 0.714 bits per heavy atom. The molecule has 2 atom stereocenters. The van der Waals surface area contributed by atoms with E-state index in [1.165, 1.54) is 295 Å². The van der Waals surface area contributed by atoms with E-state index in [0.29, 0.717) is 33.8 Å². The number of halogens is 3. The summed E-state index contributed by atoms with van der Waals surface area (Å²) in [6.45, 7) is 9.21. The quantitative estimate of drug-likeness (QED) is 0.0358. The topological polar surface area (TPSA) is 51.6 Å². The zero-order valence-electron chi connectivity index (χ0n) is 48.6. The normalized spacial score (nSPS) is 12.9. The van der Waals surface area contributed by atoms with Crippen molar-refractivity contribution in [2.75, 3.05) is 0 Å². The fourth-order valence-corrected chi connectivity index (χ4v) is 16.8. The minimum atomic E-state index is -0.255. The molecule has 0 amide bonds. The van der Waals surface area contributed by atoms with Crippen molar-refractivity contribution in [3.63, 3.8) is 0 Å². The van der Waals surface area contributed by atoms with Gasteiger partial charge < -0.3 is 0 Å². The van der Waals surface area contributed by atoms with Crippen molar-refractivity contribution in [2.45, 2.75) is 297 Å². The number of fused-ring (bicyclic) bond motifs is 5. The van der Waals surface area contributed by atoms with Crippen LogP contribution in [0.4, 0.5) is 4.39 Å². The molecule has 0 aliphatic carbocycles. The van der Waals surface area contributed by atoms with E-state index in [0.717, 1.165) is 48.4 Å². The highest BCUT2D eigenvalue weighted by molar-refractivity contribution is 9.11. The first-order chi connectivity index (χ1) is 37.9. The van der Waals surface area contributed by atoms with Crippen LogP contribution in [0.5, 0.6) is 0 Å². The first-order valence-electron chi connectivity index (χ1n) is 32.0. The second-order valence-electron chi connectivity index (χ2n) is 23.4. The Morgan fingerprint density at radius 3 is 1.12 bits per heavy atom. The van der Waals surface area contributed by atoms with Crippen molar-refractivity contribution in [3.05, 3.63) is 42.7 Å². The molecule has 0 spiro atoms. The summed E-state index contributed by atoms with van der Waals surface area (Å²) in [4.78, 5) is 2.07. The predicted octanol–water partition coefficient (Wildman–Crippen LogP) is 26.0. The number of benzene rings is 2. The molecular weight excluding hydrogens is 1160 g/mol. The molecule has 0 saturated carbocycles. The molecule has 0 radical (unpaired) electrons. The summed E-state index contributed by atoms with van der Waals surface area (Å²) >= 11 is 13.9. The summed E-state index contributed by atoms with van der Waals surface area (Å²) in [5, 5.41) is 1.30. The molecule has 0 fully saturated rings. The Balaban J connectivity index is 1.17. The monoisotopic (exact) mass is 1250 g/mol. The molecule has 2 unspecified atom stereocenters. The Morgan fingerprint density at radius 1 is 0.390 bits per heavy atom. The van der Waals surface area contributed by atoms with Crippen LogP contribution in [0.3, 0.4) is 0 Å². The number of hydrogen-bond donors (Lipinski definition) is 0. The van der Waals surface area contributed by atoms with Crippen molar-refractivity contribution in [1.29, 1.82) is 0 Å². The van der Waals surface area contributed by atoms with Gasteiger partial charge >= 0.3 is 0 Å². The third-order valence-electron chi connectivity index (χ3n) is 16.9. The summed E-state index contributed by atoms with van der Waals surface area (Å²) in [6, 6.07) is 6.82. The number of hydrogen-bond acceptors (Lipinski definition) is 8. The van der Waals surface area contributed by atoms with Gasteiger partial charge in [-0.1, -0.05) is 285 Å². The number of rotatable bonds is 46. The smallest absolute Gasteiger partial charge is 0.144 e. The molecule has 77 heavy (non-hydrogen) atoms. The van der Waals surface area contributed by atoms with Gasteiger partial charge in [-0.2, -0.15) is 17.5 Å². The highest BCUT2D eigenvalue weighted by Gasteiger charge is 2.27. The van der Waals surface area contributed by atoms with Crippen molar-refractivity contribution in [1.82, 2.24) is 17.5 Å². The first kappa shape index (κ1) is 64.8. The van der Waals surface area contributed by atoms with Gasteiger partial charge in [0.15, 0.2) is 0 Å². The summed E-state index contributed by atoms with van der Waals surface area (Å²) in [7, 11) is 0. The van der Waals surface area contributed by atoms with E-state index < -0.39 is 0 Å². The lowest BCUT2D eigenvalue weighted by Gasteiger charge is -2.17. The molecule has 0 saturated heterocycles.